The summed E-state index contributed by atoms with van der Waals surface area (Å²) in [6.45, 7) is 14.3. The number of hydrogen-bond donors (Lipinski definition) is 1. The molecule has 0 aliphatic carbocycles. The van der Waals surface area contributed by atoms with Crippen molar-refractivity contribution in [2.24, 2.45) is 17.8 Å². The highest BCUT2D eigenvalue weighted by Crippen LogP contribution is 2.69. The van der Waals surface area contributed by atoms with Crippen molar-refractivity contribution >= 4 is 52.5 Å². The van der Waals surface area contributed by atoms with Crippen molar-refractivity contribution in [2.75, 3.05) is 42.6 Å². The predicted molar refractivity (Wildman–Crippen MR) is 176 cm³/mol. The van der Waals surface area contributed by atoms with E-state index in [0.29, 0.717) is 35.2 Å². The molecule has 44 heavy (non-hydrogen) atoms. The first-order valence-electron chi connectivity index (χ1n) is 15.1. The maximum absolute atomic E-state index is 14.8. The molecule has 1 N–H and O–H groups in total. The molecule has 3 heterocycles. The maximum atomic E-state index is 14.8. The van der Waals surface area contributed by atoms with Crippen molar-refractivity contribution in [3.8, 4) is 5.75 Å². The summed E-state index contributed by atoms with van der Waals surface area (Å²) in [5, 5.41) is 10.4. The SMILES string of the molecule is C=CCN(C(=O)[C@@H]1[C@H]2C(=O)N(CCO)C(C(=O)N(CC=C)c3c(C)cccc3Cl)C23S[C@@H]1CC3C)c1ccc(OCC)cc1. The standard InChI is InChI=1S/C34H40ClN3O5S/c1-6-16-36(23-12-14-24(15-13-23)43-8-3)31(40)27-26-20-22(5)34(44-26)28(27)32(41)38(18-19-39)30(34)33(42)37(17-7-2)29-21(4)10-9-11-25(29)35/h6-7,9-15,22,26-28,30,39H,1-2,8,16-20H2,3-5H3/t22?,26-,27+,28+,30?,34?/m1/s1. The highest BCUT2D eigenvalue weighted by Gasteiger charge is 2.76. The summed E-state index contributed by atoms with van der Waals surface area (Å²) in [7, 11) is 0. The summed E-state index contributed by atoms with van der Waals surface area (Å²) in [6.07, 6.45) is 4.01. The van der Waals surface area contributed by atoms with Crippen LogP contribution in [0.3, 0.4) is 0 Å². The van der Waals surface area contributed by atoms with E-state index in [1.807, 2.05) is 50.2 Å². The third-order valence-electron chi connectivity index (χ3n) is 9.18. The number of halogens is 1. The van der Waals surface area contributed by atoms with Crippen LogP contribution in [0.4, 0.5) is 11.4 Å². The fourth-order valence-corrected chi connectivity index (χ4v) is 10.2. The highest BCUT2D eigenvalue weighted by molar-refractivity contribution is 8.02. The number of rotatable bonds is 12. The Balaban J connectivity index is 1.57. The van der Waals surface area contributed by atoms with Gasteiger partial charge in [0.15, 0.2) is 0 Å². The number of thioether (sulfide) groups is 1. The van der Waals surface area contributed by atoms with Crippen LogP contribution in [0, 0.1) is 24.7 Å². The van der Waals surface area contributed by atoms with Crippen LogP contribution in [0.2, 0.25) is 5.02 Å². The molecule has 3 fully saturated rings. The van der Waals surface area contributed by atoms with Crippen molar-refractivity contribution in [3.63, 3.8) is 0 Å². The summed E-state index contributed by atoms with van der Waals surface area (Å²) in [5.74, 6) is -1.39. The van der Waals surface area contributed by atoms with Crippen LogP contribution in [0.15, 0.2) is 67.8 Å². The lowest BCUT2D eigenvalue weighted by Gasteiger charge is -2.41. The van der Waals surface area contributed by atoms with Gasteiger partial charge < -0.3 is 24.5 Å². The summed E-state index contributed by atoms with van der Waals surface area (Å²) < 4.78 is 4.74. The first kappa shape index (κ1) is 32.1. The molecule has 234 valence electrons. The van der Waals surface area contributed by atoms with E-state index in [0.717, 1.165) is 5.56 Å². The number of amides is 3. The Bertz CT molecular complexity index is 1430. The number of anilines is 2. The molecule has 6 atom stereocenters. The molecule has 1 spiro atoms. The number of carbonyl (C=O) groups is 3. The van der Waals surface area contributed by atoms with Crippen molar-refractivity contribution < 1.29 is 24.2 Å². The van der Waals surface area contributed by atoms with Gasteiger partial charge in [0.05, 0.1) is 40.5 Å². The summed E-state index contributed by atoms with van der Waals surface area (Å²) >= 11 is 8.25. The fraction of sp³-hybridized carbons (Fsp3) is 0.441. The Morgan fingerprint density at radius 1 is 1.14 bits per heavy atom. The second-order valence-corrected chi connectivity index (χ2v) is 13.6. The number of ether oxygens (including phenoxy) is 1. The number of nitrogens with zero attached hydrogens (tertiary/aromatic N) is 3. The van der Waals surface area contributed by atoms with Gasteiger partial charge in [0, 0.05) is 30.6 Å². The number of aryl methyl sites for hydroxylation is 1. The second-order valence-electron chi connectivity index (χ2n) is 11.6. The lowest BCUT2D eigenvalue weighted by molar-refractivity contribution is -0.139. The van der Waals surface area contributed by atoms with Gasteiger partial charge in [-0.1, -0.05) is 42.8 Å². The Hall–Kier alpha value is -3.27. The van der Waals surface area contributed by atoms with Gasteiger partial charge in [-0.3, -0.25) is 14.4 Å². The van der Waals surface area contributed by atoms with Gasteiger partial charge in [0.25, 0.3) is 5.91 Å². The van der Waals surface area contributed by atoms with Crippen LogP contribution in [0.5, 0.6) is 5.75 Å². The third-order valence-corrected chi connectivity index (χ3v) is 11.6. The van der Waals surface area contributed by atoms with Crippen LogP contribution < -0.4 is 14.5 Å². The maximum Gasteiger partial charge on any atom is 0.251 e. The molecule has 5 rings (SSSR count). The zero-order valence-corrected chi connectivity index (χ0v) is 27.0. The predicted octanol–water partition coefficient (Wildman–Crippen LogP) is 5.11. The molecule has 0 saturated carbocycles. The van der Waals surface area contributed by atoms with Crippen LogP contribution in [-0.4, -0.2) is 76.6 Å². The topological polar surface area (TPSA) is 90.4 Å². The molecular formula is C34H40ClN3O5S. The number of β-amino-alcohol motifs (C(OH)–C–C–N with tert-alkyl or cyclic N) is 1. The molecule has 2 bridgehead atoms. The molecule has 3 aliphatic rings. The zero-order valence-electron chi connectivity index (χ0n) is 25.4. The number of benzene rings is 2. The van der Waals surface area contributed by atoms with E-state index in [2.05, 4.69) is 20.1 Å². The summed E-state index contributed by atoms with van der Waals surface area (Å²) in [5.41, 5.74) is 2.07. The van der Waals surface area contributed by atoms with E-state index in [1.165, 1.54) is 4.90 Å². The number of fused-ring (bicyclic) bond motifs is 1. The van der Waals surface area contributed by atoms with E-state index in [-0.39, 0.29) is 55.1 Å². The minimum Gasteiger partial charge on any atom is -0.494 e. The van der Waals surface area contributed by atoms with E-state index >= 15 is 0 Å². The average Bonchev–Trinajstić information content (AvgIpc) is 3.59. The molecule has 3 amide bonds. The monoisotopic (exact) mass is 637 g/mol. The Morgan fingerprint density at radius 2 is 1.82 bits per heavy atom. The molecule has 2 aromatic rings. The van der Waals surface area contributed by atoms with Crippen molar-refractivity contribution in [3.05, 3.63) is 78.4 Å². The second kappa shape index (κ2) is 13.0. The normalized spacial score (nSPS) is 26.8. The van der Waals surface area contributed by atoms with Gasteiger partial charge in [0.2, 0.25) is 11.8 Å². The molecule has 8 nitrogen and oxygen atoms in total. The van der Waals surface area contributed by atoms with Crippen molar-refractivity contribution in [1.82, 2.24) is 4.90 Å². The van der Waals surface area contributed by atoms with Gasteiger partial charge in [-0.25, -0.2) is 0 Å². The van der Waals surface area contributed by atoms with E-state index in [9.17, 15) is 19.5 Å². The molecule has 0 radical (unpaired) electrons. The number of likely N-dealkylation sites (tertiary alicyclic amines) is 1. The minimum absolute atomic E-state index is 0.00889. The quantitative estimate of drug-likeness (QED) is 0.325. The van der Waals surface area contributed by atoms with Crippen LogP contribution >= 0.6 is 23.4 Å². The Labute approximate surface area is 268 Å². The van der Waals surface area contributed by atoms with Gasteiger partial charge >= 0.3 is 0 Å². The summed E-state index contributed by atoms with van der Waals surface area (Å²) in [4.78, 5) is 48.5. The van der Waals surface area contributed by atoms with Crippen molar-refractivity contribution in [2.45, 2.75) is 43.2 Å². The molecule has 3 aliphatic heterocycles. The molecule has 10 heteroatoms. The summed E-state index contributed by atoms with van der Waals surface area (Å²) in [6, 6.07) is 11.9. The smallest absolute Gasteiger partial charge is 0.251 e. The molecule has 3 unspecified atom stereocenters. The van der Waals surface area contributed by atoms with E-state index < -0.39 is 22.6 Å². The van der Waals surface area contributed by atoms with Gasteiger partial charge in [-0.2, -0.15) is 0 Å². The zero-order chi connectivity index (χ0) is 31.8. The Kier molecular flexibility index (Phi) is 9.49. The van der Waals surface area contributed by atoms with Crippen molar-refractivity contribution in [1.29, 1.82) is 0 Å². The lowest BCUT2D eigenvalue weighted by atomic mass is 9.65. The number of carbonyl (C=O) groups excluding carboxylic acids is 3. The van der Waals surface area contributed by atoms with Gasteiger partial charge in [-0.05, 0) is 62.1 Å². The number of hydrogen-bond acceptors (Lipinski definition) is 6. The minimum atomic E-state index is -0.885. The van der Waals surface area contributed by atoms with Crippen LogP contribution in [-0.2, 0) is 14.4 Å². The first-order chi connectivity index (χ1) is 21.2. The molecule has 3 saturated heterocycles. The fourth-order valence-electron chi connectivity index (χ4n) is 7.48. The third kappa shape index (κ3) is 5.12. The van der Waals surface area contributed by atoms with E-state index in [4.69, 9.17) is 16.3 Å². The Morgan fingerprint density at radius 3 is 2.43 bits per heavy atom. The number of aliphatic hydroxyl groups is 1. The van der Waals surface area contributed by atoms with Crippen LogP contribution in [0.1, 0.15) is 25.8 Å². The van der Waals surface area contributed by atoms with E-state index in [1.54, 1.807) is 39.8 Å². The molecular weight excluding hydrogens is 598 g/mol. The largest absolute Gasteiger partial charge is 0.494 e. The molecule has 2 aromatic carbocycles. The highest BCUT2D eigenvalue weighted by atomic mass is 35.5. The first-order valence-corrected chi connectivity index (χ1v) is 16.3. The molecule has 0 aromatic heterocycles. The number of para-hydroxylation sites is 1. The van der Waals surface area contributed by atoms with Gasteiger partial charge in [-0.15, -0.1) is 24.9 Å². The lowest BCUT2D eigenvalue weighted by Crippen LogP contribution is -2.58. The number of aliphatic hydroxyl groups excluding tert-OH is 1. The average molecular weight is 638 g/mol. The van der Waals surface area contributed by atoms with Gasteiger partial charge in [0.1, 0.15) is 11.8 Å². The van der Waals surface area contributed by atoms with Crippen LogP contribution in [0.25, 0.3) is 0 Å².